The van der Waals surface area contributed by atoms with Gasteiger partial charge in [-0.05, 0) is 26.2 Å². The van der Waals surface area contributed by atoms with Crippen molar-refractivity contribution in [2.24, 2.45) is 0 Å². The molecular formula is C14H22N4. The Morgan fingerprint density at radius 3 is 3.11 bits per heavy atom. The first-order valence-electron chi connectivity index (χ1n) is 6.92. The maximum Gasteiger partial charge on any atom is 0.206 e. The summed E-state index contributed by atoms with van der Waals surface area (Å²) in [4.78, 5) is 7.13. The number of anilines is 1. The van der Waals surface area contributed by atoms with Crippen LogP contribution in [0, 0.1) is 6.92 Å². The number of hydrogen-bond donors (Lipinski definition) is 1. The zero-order chi connectivity index (χ0) is 12.5. The van der Waals surface area contributed by atoms with Gasteiger partial charge in [0.05, 0.1) is 5.69 Å². The highest BCUT2D eigenvalue weighted by atomic mass is 15.3. The van der Waals surface area contributed by atoms with Crippen LogP contribution in [0.25, 0.3) is 0 Å². The van der Waals surface area contributed by atoms with Gasteiger partial charge in [0.25, 0.3) is 0 Å². The number of aryl methyl sites for hydroxylation is 1. The lowest BCUT2D eigenvalue weighted by Gasteiger charge is -2.25. The molecule has 4 heteroatoms. The Morgan fingerprint density at radius 2 is 2.28 bits per heavy atom. The molecule has 0 spiro atoms. The smallest absolute Gasteiger partial charge is 0.206 e. The molecule has 1 aromatic heterocycles. The van der Waals surface area contributed by atoms with Gasteiger partial charge in [0.2, 0.25) is 5.95 Å². The topological polar surface area (TPSA) is 33.1 Å². The molecule has 2 aliphatic heterocycles. The van der Waals surface area contributed by atoms with Crippen molar-refractivity contribution < 1.29 is 0 Å². The standard InChI is InChI=1S/C14H22N4/c1-3-7-17-9-11(2)15-14(17)18-8-6-12-4-5-13(10-18)16-12/h3,9,12-13,16H,1,4-8,10H2,2H3. The van der Waals surface area contributed by atoms with Gasteiger partial charge in [-0.15, -0.1) is 6.58 Å². The average molecular weight is 246 g/mol. The second-order valence-corrected chi connectivity index (χ2v) is 5.50. The molecule has 18 heavy (non-hydrogen) atoms. The third-order valence-corrected chi connectivity index (χ3v) is 4.01. The highest BCUT2D eigenvalue weighted by Gasteiger charge is 2.30. The molecule has 4 nitrogen and oxygen atoms in total. The zero-order valence-electron chi connectivity index (χ0n) is 11.1. The Balaban J connectivity index is 1.83. The van der Waals surface area contributed by atoms with Crippen LogP contribution in [-0.2, 0) is 6.54 Å². The average Bonchev–Trinajstić information content (AvgIpc) is 2.83. The fourth-order valence-electron chi connectivity index (χ4n) is 3.18. The third kappa shape index (κ3) is 2.17. The molecule has 2 saturated heterocycles. The van der Waals surface area contributed by atoms with Crippen molar-refractivity contribution >= 4 is 5.95 Å². The Kier molecular flexibility index (Phi) is 3.12. The number of imidazole rings is 1. The molecule has 2 fully saturated rings. The van der Waals surface area contributed by atoms with Crippen molar-refractivity contribution in [3.8, 4) is 0 Å². The van der Waals surface area contributed by atoms with Gasteiger partial charge < -0.3 is 14.8 Å². The van der Waals surface area contributed by atoms with E-state index in [0.29, 0.717) is 6.04 Å². The number of fused-ring (bicyclic) bond motifs is 2. The Bertz CT molecular complexity index is 437. The van der Waals surface area contributed by atoms with Crippen LogP contribution in [0.3, 0.4) is 0 Å². The van der Waals surface area contributed by atoms with Gasteiger partial charge in [0.1, 0.15) is 0 Å². The highest BCUT2D eigenvalue weighted by Crippen LogP contribution is 2.24. The van der Waals surface area contributed by atoms with Gasteiger partial charge in [-0.2, -0.15) is 0 Å². The summed E-state index contributed by atoms with van der Waals surface area (Å²) in [6.07, 6.45) is 7.94. The van der Waals surface area contributed by atoms with Crippen LogP contribution < -0.4 is 10.2 Å². The molecule has 2 aliphatic rings. The molecule has 2 unspecified atom stereocenters. The van der Waals surface area contributed by atoms with Gasteiger partial charge in [0.15, 0.2) is 0 Å². The number of nitrogens with zero attached hydrogens (tertiary/aromatic N) is 3. The van der Waals surface area contributed by atoms with E-state index in [-0.39, 0.29) is 0 Å². The molecule has 3 heterocycles. The summed E-state index contributed by atoms with van der Waals surface area (Å²) < 4.78 is 2.21. The van der Waals surface area contributed by atoms with Gasteiger partial charge in [-0.25, -0.2) is 4.98 Å². The van der Waals surface area contributed by atoms with E-state index in [9.17, 15) is 0 Å². The van der Waals surface area contributed by atoms with Crippen LogP contribution in [0.15, 0.2) is 18.9 Å². The van der Waals surface area contributed by atoms with Crippen molar-refractivity contribution in [1.82, 2.24) is 14.9 Å². The zero-order valence-corrected chi connectivity index (χ0v) is 11.1. The van der Waals surface area contributed by atoms with E-state index in [0.717, 1.165) is 37.3 Å². The Morgan fingerprint density at radius 1 is 1.44 bits per heavy atom. The summed E-state index contributed by atoms with van der Waals surface area (Å²) in [5.41, 5.74) is 1.09. The van der Waals surface area contributed by atoms with E-state index in [2.05, 4.69) is 34.5 Å². The molecule has 98 valence electrons. The minimum Gasteiger partial charge on any atom is -0.341 e. The molecule has 1 N–H and O–H groups in total. The Hall–Kier alpha value is -1.29. The van der Waals surface area contributed by atoms with E-state index < -0.39 is 0 Å². The first-order chi connectivity index (χ1) is 8.76. The van der Waals surface area contributed by atoms with Gasteiger partial charge >= 0.3 is 0 Å². The summed E-state index contributed by atoms with van der Waals surface area (Å²) in [6, 6.07) is 1.37. The minimum atomic E-state index is 0.645. The second kappa shape index (κ2) is 4.76. The lowest BCUT2D eigenvalue weighted by atomic mass is 10.1. The van der Waals surface area contributed by atoms with Gasteiger partial charge in [-0.1, -0.05) is 6.08 Å². The van der Waals surface area contributed by atoms with Crippen LogP contribution in [0.2, 0.25) is 0 Å². The van der Waals surface area contributed by atoms with E-state index in [1.807, 2.05) is 6.08 Å². The largest absolute Gasteiger partial charge is 0.341 e. The van der Waals surface area contributed by atoms with Crippen molar-refractivity contribution in [3.63, 3.8) is 0 Å². The first kappa shape index (κ1) is 11.8. The normalized spacial score (nSPS) is 27.3. The summed E-state index contributed by atoms with van der Waals surface area (Å²) in [5.74, 6) is 1.11. The minimum absolute atomic E-state index is 0.645. The quantitative estimate of drug-likeness (QED) is 0.824. The SMILES string of the molecule is C=CCn1cc(C)nc1N1CCC2CCC(C1)N2. The fraction of sp³-hybridized carbons (Fsp3) is 0.643. The number of aromatic nitrogens is 2. The fourth-order valence-corrected chi connectivity index (χ4v) is 3.18. The van der Waals surface area contributed by atoms with Crippen LogP contribution in [0.5, 0.6) is 0 Å². The lowest BCUT2D eigenvalue weighted by molar-refractivity contribution is 0.563. The van der Waals surface area contributed by atoms with E-state index in [4.69, 9.17) is 4.98 Å². The molecule has 0 aliphatic carbocycles. The summed E-state index contributed by atoms with van der Waals surface area (Å²) >= 11 is 0. The predicted octanol–water partition coefficient (Wildman–Crippen LogP) is 1.71. The predicted molar refractivity (Wildman–Crippen MR) is 73.9 cm³/mol. The van der Waals surface area contributed by atoms with Crippen molar-refractivity contribution in [2.45, 2.75) is 44.8 Å². The van der Waals surface area contributed by atoms with Crippen LogP contribution >= 0.6 is 0 Å². The molecule has 1 aromatic rings. The molecule has 2 bridgehead atoms. The molecule has 0 aromatic carbocycles. The molecule has 0 radical (unpaired) electrons. The first-order valence-corrected chi connectivity index (χ1v) is 6.92. The van der Waals surface area contributed by atoms with Gasteiger partial charge in [0, 0.05) is 37.9 Å². The Labute approximate surface area is 109 Å². The van der Waals surface area contributed by atoms with E-state index in [1.165, 1.54) is 19.3 Å². The molecule has 3 rings (SSSR count). The van der Waals surface area contributed by atoms with Gasteiger partial charge in [-0.3, -0.25) is 0 Å². The lowest BCUT2D eigenvalue weighted by Crippen LogP contribution is -2.36. The van der Waals surface area contributed by atoms with Crippen molar-refractivity contribution in [2.75, 3.05) is 18.0 Å². The van der Waals surface area contributed by atoms with Crippen LogP contribution in [0.1, 0.15) is 25.0 Å². The third-order valence-electron chi connectivity index (χ3n) is 4.01. The number of nitrogens with one attached hydrogen (secondary N) is 1. The summed E-state index contributed by atoms with van der Waals surface area (Å²) in [7, 11) is 0. The number of allylic oxidation sites excluding steroid dienone is 1. The molecule has 2 atom stereocenters. The number of rotatable bonds is 3. The second-order valence-electron chi connectivity index (χ2n) is 5.50. The van der Waals surface area contributed by atoms with Crippen molar-refractivity contribution in [1.29, 1.82) is 0 Å². The summed E-state index contributed by atoms with van der Waals surface area (Å²) in [6.45, 7) is 8.93. The molecule has 0 amide bonds. The van der Waals surface area contributed by atoms with Crippen LogP contribution in [0.4, 0.5) is 5.95 Å². The number of hydrogen-bond acceptors (Lipinski definition) is 3. The van der Waals surface area contributed by atoms with E-state index >= 15 is 0 Å². The van der Waals surface area contributed by atoms with Crippen LogP contribution in [-0.4, -0.2) is 34.7 Å². The van der Waals surface area contributed by atoms with E-state index in [1.54, 1.807) is 0 Å². The maximum atomic E-state index is 4.69. The maximum absolute atomic E-state index is 4.69. The summed E-state index contributed by atoms with van der Waals surface area (Å²) in [5, 5.41) is 3.71. The van der Waals surface area contributed by atoms with Crippen molar-refractivity contribution in [3.05, 3.63) is 24.5 Å². The monoisotopic (exact) mass is 246 g/mol. The molecule has 0 saturated carbocycles. The highest BCUT2D eigenvalue weighted by molar-refractivity contribution is 5.35. The molecular weight excluding hydrogens is 224 g/mol.